The maximum Gasteiger partial charge on any atom is 2.00 e. The van der Waals surface area contributed by atoms with Gasteiger partial charge in [-0.3, -0.25) is 0 Å². The maximum absolute atomic E-state index is 2.22. The summed E-state index contributed by atoms with van der Waals surface area (Å²) < 4.78 is 0. The van der Waals surface area contributed by atoms with E-state index in [0.29, 0.717) is 11.8 Å². The molecule has 0 aliphatic heterocycles. The minimum absolute atomic E-state index is 0. The summed E-state index contributed by atoms with van der Waals surface area (Å²) in [5.74, 6) is 1.36. The molecule has 1 heteroatoms. The van der Waals surface area contributed by atoms with Crippen LogP contribution in [0.4, 0.5) is 0 Å². The fraction of sp³-hybridized carbons (Fsp3) is 0.444. The van der Waals surface area contributed by atoms with Crippen molar-refractivity contribution >= 4 is 23.1 Å². The first-order chi connectivity index (χ1) is 8.43. The van der Waals surface area contributed by atoms with Crippen molar-refractivity contribution in [2.75, 3.05) is 0 Å². The fourth-order valence-corrected chi connectivity index (χ4v) is 2.34. The van der Waals surface area contributed by atoms with E-state index in [-0.39, 0.29) is 23.1 Å². The van der Waals surface area contributed by atoms with E-state index in [0.717, 1.165) is 0 Å². The Balaban J connectivity index is 0.000000324. The van der Waals surface area contributed by atoms with E-state index in [4.69, 9.17) is 0 Å². The van der Waals surface area contributed by atoms with Gasteiger partial charge >= 0.3 is 23.1 Å². The molecule has 0 fully saturated rings. The van der Waals surface area contributed by atoms with Gasteiger partial charge in [-0.15, -0.1) is 0 Å². The van der Waals surface area contributed by atoms with Gasteiger partial charge in [0, 0.05) is 0 Å². The van der Waals surface area contributed by atoms with Gasteiger partial charge in [-0.05, 0) is 0 Å². The predicted molar refractivity (Wildman–Crippen MR) is 87.5 cm³/mol. The Morgan fingerprint density at radius 1 is 0.737 bits per heavy atom. The number of hydrogen-bond acceptors (Lipinski definition) is 0. The molecule has 2 rings (SSSR count). The van der Waals surface area contributed by atoms with Gasteiger partial charge in [0.15, 0.2) is 0 Å². The summed E-state index contributed by atoms with van der Waals surface area (Å²) in [4.78, 5) is 0. The van der Waals surface area contributed by atoms with E-state index >= 15 is 0 Å². The van der Waals surface area contributed by atoms with Gasteiger partial charge in [0.25, 0.3) is 0 Å². The minimum atomic E-state index is 0. The van der Waals surface area contributed by atoms with Crippen LogP contribution < -0.4 is 0 Å². The molecule has 0 bridgehead atoms. The van der Waals surface area contributed by atoms with Gasteiger partial charge < -0.3 is 0 Å². The molecule has 2 aromatic carbocycles. The molecule has 100 valence electrons. The molecule has 0 saturated carbocycles. The van der Waals surface area contributed by atoms with Crippen LogP contribution >= 0.6 is 0 Å². The molecule has 0 aliphatic rings. The summed E-state index contributed by atoms with van der Waals surface area (Å²) in [6.45, 7) is 13.2. The Hall–Kier alpha value is -0.534. The molecule has 0 nitrogen and oxygen atoms in total. The van der Waals surface area contributed by atoms with Crippen molar-refractivity contribution < 1.29 is 0 Å². The van der Waals surface area contributed by atoms with Crippen molar-refractivity contribution in [2.24, 2.45) is 0 Å². The van der Waals surface area contributed by atoms with Crippen LogP contribution in [0.25, 0.3) is 0 Å². The van der Waals surface area contributed by atoms with Crippen molar-refractivity contribution in [3.8, 4) is 0 Å². The smallest absolute Gasteiger partial charge is 0.213 e. The Morgan fingerprint density at radius 2 is 1.05 bits per heavy atom. The second kappa shape index (κ2) is 8.60. The largest absolute Gasteiger partial charge is 2.00 e. The van der Waals surface area contributed by atoms with E-state index in [2.05, 4.69) is 77.9 Å². The summed E-state index contributed by atoms with van der Waals surface area (Å²) in [6.07, 6.45) is 0. The van der Waals surface area contributed by atoms with Crippen LogP contribution in [0.3, 0.4) is 0 Å². The maximum atomic E-state index is 2.22. The average molecular weight is 267 g/mol. The van der Waals surface area contributed by atoms with Gasteiger partial charge in [0.05, 0.1) is 0 Å². The molecule has 19 heavy (non-hydrogen) atoms. The van der Waals surface area contributed by atoms with Crippen LogP contribution in [0.5, 0.6) is 0 Å². The molecule has 0 radical (unpaired) electrons. The average Bonchev–Trinajstić information content (AvgIpc) is 2.87. The van der Waals surface area contributed by atoms with Crippen LogP contribution in [-0.4, -0.2) is 23.1 Å². The summed E-state index contributed by atoms with van der Waals surface area (Å²) >= 11 is 0. The van der Waals surface area contributed by atoms with Crippen molar-refractivity contribution in [2.45, 2.75) is 53.4 Å². The van der Waals surface area contributed by atoms with Crippen molar-refractivity contribution in [1.82, 2.24) is 0 Å². The zero-order valence-corrected chi connectivity index (χ0v) is 14.7. The summed E-state index contributed by atoms with van der Waals surface area (Å²) in [5, 5.41) is 0. The normalized spacial score (nSPS) is 10.1. The quantitative estimate of drug-likeness (QED) is 0.511. The van der Waals surface area contributed by atoms with Gasteiger partial charge in [0.1, 0.15) is 0 Å². The van der Waals surface area contributed by atoms with E-state index in [1.807, 2.05) is 0 Å². The summed E-state index contributed by atoms with van der Waals surface area (Å²) in [6, 6.07) is 12.9. The third-order valence-corrected chi connectivity index (χ3v) is 3.40. The number of hydrogen-bond donors (Lipinski definition) is 0. The zero-order valence-electron chi connectivity index (χ0n) is 13.3. The number of rotatable bonds is 2. The predicted octanol–water partition coefficient (Wildman–Crippen LogP) is 5.29. The molecule has 0 amide bonds. The molecule has 0 N–H and O–H groups in total. The van der Waals surface area contributed by atoms with E-state index < -0.39 is 0 Å². The molecular weight excluding hydrogens is 241 g/mol. The molecule has 0 saturated heterocycles. The molecule has 0 unspecified atom stereocenters. The first-order valence-corrected chi connectivity index (χ1v) is 6.87. The summed E-state index contributed by atoms with van der Waals surface area (Å²) in [5.41, 5.74) is 5.81. The van der Waals surface area contributed by atoms with E-state index in [1.54, 1.807) is 0 Å². The van der Waals surface area contributed by atoms with Crippen LogP contribution in [-0.2, 0) is 0 Å². The molecular formula is C18H26Mg. The first-order valence-electron chi connectivity index (χ1n) is 6.87. The monoisotopic (exact) mass is 266 g/mol. The van der Waals surface area contributed by atoms with Crippen LogP contribution in [0.15, 0.2) is 36.4 Å². The topological polar surface area (TPSA) is 0 Å². The minimum Gasteiger partial charge on any atom is -0.213 e. The molecule has 0 spiro atoms. The SMILES string of the molecule is Cc1ccc[c-]1C(C)C.Cc1ccc[c-]1C(C)C.[Mg+2]. The Morgan fingerprint density at radius 3 is 1.16 bits per heavy atom. The third-order valence-electron chi connectivity index (χ3n) is 3.40. The summed E-state index contributed by atoms with van der Waals surface area (Å²) in [7, 11) is 0. The standard InChI is InChI=1S/2C9H13.Mg/c2*1-7(2)9-6-4-5-8(9)3;/h2*4-7H,1-3H3;/q2*-1;+2. The number of aryl methyl sites for hydroxylation is 2. The van der Waals surface area contributed by atoms with Gasteiger partial charge in [0.2, 0.25) is 0 Å². The molecule has 0 aromatic heterocycles. The van der Waals surface area contributed by atoms with E-state index in [9.17, 15) is 0 Å². The van der Waals surface area contributed by atoms with Crippen molar-refractivity contribution in [1.29, 1.82) is 0 Å². The molecule has 0 atom stereocenters. The van der Waals surface area contributed by atoms with Gasteiger partial charge in [-0.2, -0.15) is 34.4 Å². The van der Waals surface area contributed by atoms with Crippen LogP contribution in [0.2, 0.25) is 0 Å². The van der Waals surface area contributed by atoms with Gasteiger partial charge in [-0.25, -0.2) is 24.3 Å². The first kappa shape index (κ1) is 18.5. The van der Waals surface area contributed by atoms with Gasteiger partial charge in [-0.1, -0.05) is 53.4 Å². The van der Waals surface area contributed by atoms with Crippen LogP contribution in [0, 0.1) is 13.8 Å². The Kier molecular flexibility index (Phi) is 8.36. The van der Waals surface area contributed by atoms with Crippen molar-refractivity contribution in [3.05, 3.63) is 58.7 Å². The second-order valence-corrected chi connectivity index (χ2v) is 5.64. The zero-order chi connectivity index (χ0) is 13.7. The fourth-order valence-electron chi connectivity index (χ4n) is 2.34. The second-order valence-electron chi connectivity index (χ2n) is 5.64. The van der Waals surface area contributed by atoms with Crippen LogP contribution in [0.1, 0.15) is 61.8 Å². The Bertz CT molecular complexity index is 413. The van der Waals surface area contributed by atoms with Crippen molar-refractivity contribution in [3.63, 3.8) is 0 Å². The third kappa shape index (κ3) is 5.54. The molecule has 0 heterocycles. The molecule has 0 aliphatic carbocycles. The molecule has 2 aromatic rings. The Labute approximate surface area is 135 Å². The van der Waals surface area contributed by atoms with E-state index in [1.165, 1.54) is 22.3 Å².